The van der Waals surface area contributed by atoms with Gasteiger partial charge in [0.1, 0.15) is 6.67 Å². The van der Waals surface area contributed by atoms with Crippen LogP contribution in [0.15, 0.2) is 29.4 Å². The second-order valence-corrected chi connectivity index (χ2v) is 2.28. The average Bonchev–Trinajstić information content (AvgIpc) is 2.03. The lowest BCUT2D eigenvalue weighted by Crippen LogP contribution is -1.98. The van der Waals surface area contributed by atoms with E-state index in [9.17, 15) is 4.91 Å². The van der Waals surface area contributed by atoms with Gasteiger partial charge in [0.2, 0.25) is 0 Å². The fraction of sp³-hybridized carbons (Fsp3) is 0.250. The molecule has 0 aliphatic heterocycles. The summed E-state index contributed by atoms with van der Waals surface area (Å²) in [5.74, 6) is 0. The summed E-state index contributed by atoms with van der Waals surface area (Å²) in [6, 6.07) is 7.77. The summed E-state index contributed by atoms with van der Waals surface area (Å²) in [5.41, 5.74) is 2.09. The molecule has 0 heterocycles. The molecule has 1 N–H and O–H groups in total. The molecule has 0 unspecified atom stereocenters. The van der Waals surface area contributed by atoms with Crippen LogP contribution in [-0.2, 0) is 0 Å². The van der Waals surface area contributed by atoms with Crippen molar-refractivity contribution in [2.75, 3.05) is 12.0 Å². The molecule has 0 atom stereocenters. The molecule has 0 aromatic heterocycles. The van der Waals surface area contributed by atoms with Crippen molar-refractivity contribution in [3.63, 3.8) is 0 Å². The maximum absolute atomic E-state index is 9.78. The zero-order chi connectivity index (χ0) is 8.10. The molecule has 1 rings (SSSR count). The van der Waals surface area contributed by atoms with Crippen molar-refractivity contribution >= 4 is 5.69 Å². The Kier molecular flexibility index (Phi) is 2.60. The van der Waals surface area contributed by atoms with Gasteiger partial charge in [-0.15, -0.1) is 4.91 Å². The Morgan fingerprint density at radius 2 is 2.18 bits per heavy atom. The molecule has 3 nitrogen and oxygen atoms in total. The van der Waals surface area contributed by atoms with Crippen LogP contribution in [0.1, 0.15) is 5.56 Å². The molecule has 3 heteroatoms. The van der Waals surface area contributed by atoms with Crippen molar-refractivity contribution in [2.24, 2.45) is 5.18 Å². The van der Waals surface area contributed by atoms with Gasteiger partial charge in [0, 0.05) is 5.69 Å². The minimum absolute atomic E-state index is 0.130. The van der Waals surface area contributed by atoms with Gasteiger partial charge >= 0.3 is 0 Å². The number of nitrogens with zero attached hydrogens (tertiary/aromatic N) is 1. The van der Waals surface area contributed by atoms with Crippen molar-refractivity contribution in [3.8, 4) is 0 Å². The minimum Gasteiger partial charge on any atom is -0.363 e. The molecule has 0 spiro atoms. The first-order valence-corrected chi connectivity index (χ1v) is 3.43. The molecular formula is C8H10N2O. The van der Waals surface area contributed by atoms with Crippen LogP contribution in [0.4, 0.5) is 5.69 Å². The lowest BCUT2D eigenvalue weighted by molar-refractivity contribution is 1.12. The molecule has 1 aromatic carbocycles. The highest BCUT2D eigenvalue weighted by Gasteiger charge is 1.92. The van der Waals surface area contributed by atoms with E-state index in [2.05, 4.69) is 10.5 Å². The molecule has 11 heavy (non-hydrogen) atoms. The van der Waals surface area contributed by atoms with Gasteiger partial charge in [-0.2, -0.15) is 0 Å². The first-order valence-electron chi connectivity index (χ1n) is 3.43. The monoisotopic (exact) mass is 150 g/mol. The van der Waals surface area contributed by atoms with Gasteiger partial charge in [0.05, 0.1) is 0 Å². The van der Waals surface area contributed by atoms with Crippen LogP contribution in [0.2, 0.25) is 0 Å². The maximum atomic E-state index is 9.78. The third kappa shape index (κ3) is 2.04. The molecule has 1 aromatic rings. The summed E-state index contributed by atoms with van der Waals surface area (Å²) in [4.78, 5) is 9.78. The summed E-state index contributed by atoms with van der Waals surface area (Å²) < 4.78 is 0. The number of nitroso groups, excluding NO2 is 1. The lowest BCUT2D eigenvalue weighted by Gasteiger charge is -2.03. The number of hydrogen-bond donors (Lipinski definition) is 1. The Labute approximate surface area is 65.4 Å². The predicted octanol–water partition coefficient (Wildman–Crippen LogP) is 2.13. The number of para-hydroxylation sites is 1. The second kappa shape index (κ2) is 3.71. The summed E-state index contributed by atoms with van der Waals surface area (Å²) in [6.45, 7) is 2.11. The number of benzene rings is 1. The first kappa shape index (κ1) is 7.72. The Morgan fingerprint density at radius 3 is 2.82 bits per heavy atom. The van der Waals surface area contributed by atoms with Crippen LogP contribution in [-0.4, -0.2) is 6.67 Å². The molecule has 0 saturated heterocycles. The second-order valence-electron chi connectivity index (χ2n) is 2.28. The predicted molar refractivity (Wildman–Crippen MR) is 45.5 cm³/mol. The van der Waals surface area contributed by atoms with E-state index >= 15 is 0 Å². The smallest absolute Gasteiger partial charge is 0.150 e. The largest absolute Gasteiger partial charge is 0.363 e. The normalized spacial score (nSPS) is 9.18. The van der Waals surface area contributed by atoms with Crippen LogP contribution >= 0.6 is 0 Å². The number of rotatable bonds is 3. The van der Waals surface area contributed by atoms with E-state index in [0.29, 0.717) is 0 Å². The van der Waals surface area contributed by atoms with Crippen molar-refractivity contribution in [3.05, 3.63) is 34.7 Å². The standard InChI is InChI=1S/C8H10N2O/c1-7-4-2-3-5-8(7)9-6-10-11/h2-5,9H,6H2,1H3. The Bertz CT molecular complexity index is 248. The van der Waals surface area contributed by atoms with Gasteiger partial charge in [-0.3, -0.25) is 0 Å². The Hall–Kier alpha value is -1.38. The Balaban J connectivity index is 2.69. The number of aryl methyl sites for hydroxylation is 1. The fourth-order valence-electron chi connectivity index (χ4n) is 0.889. The zero-order valence-corrected chi connectivity index (χ0v) is 6.37. The highest BCUT2D eigenvalue weighted by atomic mass is 16.3. The molecular weight excluding hydrogens is 140 g/mol. The van der Waals surface area contributed by atoms with E-state index in [4.69, 9.17) is 0 Å². The SMILES string of the molecule is Cc1ccccc1NCN=O. The molecule has 0 amide bonds. The molecule has 0 bridgehead atoms. The maximum Gasteiger partial charge on any atom is 0.150 e. The van der Waals surface area contributed by atoms with Crippen LogP contribution in [0.5, 0.6) is 0 Å². The highest BCUT2D eigenvalue weighted by Crippen LogP contribution is 2.12. The lowest BCUT2D eigenvalue weighted by atomic mass is 10.2. The van der Waals surface area contributed by atoms with Gasteiger partial charge in [-0.05, 0) is 23.7 Å². The highest BCUT2D eigenvalue weighted by molar-refractivity contribution is 5.49. The zero-order valence-electron chi connectivity index (χ0n) is 6.37. The fourth-order valence-corrected chi connectivity index (χ4v) is 0.889. The quantitative estimate of drug-likeness (QED) is 0.670. The first-order chi connectivity index (χ1) is 5.34. The van der Waals surface area contributed by atoms with Crippen molar-refractivity contribution in [1.29, 1.82) is 0 Å². The van der Waals surface area contributed by atoms with Gasteiger partial charge in [-0.1, -0.05) is 18.2 Å². The van der Waals surface area contributed by atoms with E-state index in [0.717, 1.165) is 11.3 Å². The third-order valence-electron chi connectivity index (χ3n) is 1.48. The molecule has 0 aliphatic carbocycles. The van der Waals surface area contributed by atoms with E-state index < -0.39 is 0 Å². The van der Waals surface area contributed by atoms with Gasteiger partial charge in [0.15, 0.2) is 0 Å². The number of anilines is 1. The van der Waals surface area contributed by atoms with Crippen LogP contribution < -0.4 is 5.32 Å². The van der Waals surface area contributed by atoms with E-state index in [-0.39, 0.29) is 6.67 Å². The minimum atomic E-state index is 0.130. The van der Waals surface area contributed by atoms with Gasteiger partial charge < -0.3 is 5.32 Å². The molecule has 58 valence electrons. The van der Waals surface area contributed by atoms with Crippen molar-refractivity contribution in [1.82, 2.24) is 0 Å². The summed E-state index contributed by atoms with van der Waals surface area (Å²) in [7, 11) is 0. The molecule has 0 fully saturated rings. The summed E-state index contributed by atoms with van der Waals surface area (Å²) >= 11 is 0. The van der Waals surface area contributed by atoms with Gasteiger partial charge in [-0.25, -0.2) is 0 Å². The third-order valence-corrected chi connectivity index (χ3v) is 1.48. The van der Waals surface area contributed by atoms with Crippen molar-refractivity contribution in [2.45, 2.75) is 6.92 Å². The number of hydrogen-bond acceptors (Lipinski definition) is 3. The number of nitrogens with one attached hydrogen (secondary N) is 1. The summed E-state index contributed by atoms with van der Waals surface area (Å²) in [6.07, 6.45) is 0. The molecule has 0 radical (unpaired) electrons. The Morgan fingerprint density at radius 1 is 1.45 bits per heavy atom. The molecule has 0 aliphatic rings. The topological polar surface area (TPSA) is 41.5 Å². The van der Waals surface area contributed by atoms with Crippen LogP contribution in [0.25, 0.3) is 0 Å². The summed E-state index contributed by atoms with van der Waals surface area (Å²) in [5, 5.41) is 5.59. The van der Waals surface area contributed by atoms with E-state index in [1.54, 1.807) is 0 Å². The molecule has 0 saturated carbocycles. The van der Waals surface area contributed by atoms with Crippen LogP contribution in [0.3, 0.4) is 0 Å². The van der Waals surface area contributed by atoms with E-state index in [1.807, 2.05) is 31.2 Å². The van der Waals surface area contributed by atoms with Crippen LogP contribution in [0, 0.1) is 11.8 Å². The average molecular weight is 150 g/mol. The van der Waals surface area contributed by atoms with Crippen molar-refractivity contribution < 1.29 is 0 Å². The van der Waals surface area contributed by atoms with Gasteiger partial charge in [0.25, 0.3) is 0 Å². The van der Waals surface area contributed by atoms with E-state index in [1.165, 1.54) is 0 Å².